The quantitative estimate of drug-likeness (QED) is 0.0264. The molecule has 57 heavy (non-hydrogen) atoms. The molecule has 0 fully saturated rings. The van der Waals surface area contributed by atoms with E-state index in [1.54, 1.807) is 0 Å². The zero-order valence-electron chi connectivity index (χ0n) is 38.1. The number of hydrogen-bond donors (Lipinski definition) is 0. The van der Waals surface area contributed by atoms with Gasteiger partial charge in [0, 0.05) is 19.3 Å². The molecule has 0 rings (SSSR count). The van der Waals surface area contributed by atoms with Crippen LogP contribution in [0, 0.1) is 0 Å². The highest BCUT2D eigenvalue weighted by atomic mass is 16.6. The summed E-state index contributed by atoms with van der Waals surface area (Å²) in [6, 6.07) is 0. The maximum Gasteiger partial charge on any atom is 0.306 e. The molecule has 0 aliphatic carbocycles. The lowest BCUT2D eigenvalue weighted by atomic mass is 10.0. The fourth-order valence-electron chi connectivity index (χ4n) is 7.12. The molecule has 6 heteroatoms. The summed E-state index contributed by atoms with van der Waals surface area (Å²) in [5.41, 5.74) is 0. The van der Waals surface area contributed by atoms with E-state index >= 15 is 0 Å². The summed E-state index contributed by atoms with van der Waals surface area (Å²) in [6.07, 6.45) is 51.5. The van der Waals surface area contributed by atoms with Gasteiger partial charge >= 0.3 is 17.9 Å². The van der Waals surface area contributed by atoms with Crippen LogP contribution < -0.4 is 0 Å². The highest BCUT2D eigenvalue weighted by Gasteiger charge is 2.19. The predicted octanol–water partition coefficient (Wildman–Crippen LogP) is 16.0. The fourth-order valence-corrected chi connectivity index (χ4v) is 7.12. The van der Waals surface area contributed by atoms with Crippen LogP contribution in [0.2, 0.25) is 0 Å². The van der Waals surface area contributed by atoms with E-state index in [-0.39, 0.29) is 31.1 Å². The van der Waals surface area contributed by atoms with E-state index in [1.165, 1.54) is 161 Å². The second-order valence-corrected chi connectivity index (χ2v) is 16.7. The van der Waals surface area contributed by atoms with Gasteiger partial charge in [0.15, 0.2) is 6.10 Å². The Labute approximate surface area is 353 Å². The van der Waals surface area contributed by atoms with Crippen LogP contribution in [-0.2, 0) is 28.6 Å². The Morgan fingerprint density at radius 3 is 0.947 bits per heavy atom. The first-order valence-electron chi connectivity index (χ1n) is 24.8. The largest absolute Gasteiger partial charge is 0.462 e. The number of allylic oxidation sites excluding steroid dienone is 4. The van der Waals surface area contributed by atoms with Crippen molar-refractivity contribution >= 4 is 17.9 Å². The summed E-state index contributed by atoms with van der Waals surface area (Å²) in [5, 5.41) is 0. The van der Waals surface area contributed by atoms with Crippen molar-refractivity contribution in [3.05, 3.63) is 24.3 Å². The maximum absolute atomic E-state index is 12.7. The molecule has 0 aromatic heterocycles. The van der Waals surface area contributed by atoms with Gasteiger partial charge < -0.3 is 14.2 Å². The predicted molar refractivity (Wildman–Crippen MR) is 243 cm³/mol. The Morgan fingerprint density at radius 1 is 0.333 bits per heavy atom. The van der Waals surface area contributed by atoms with Gasteiger partial charge in [-0.2, -0.15) is 0 Å². The zero-order valence-corrected chi connectivity index (χ0v) is 38.1. The van der Waals surface area contributed by atoms with Crippen molar-refractivity contribution in [2.45, 2.75) is 271 Å². The average Bonchev–Trinajstić information content (AvgIpc) is 3.21. The van der Waals surface area contributed by atoms with Gasteiger partial charge in [0.2, 0.25) is 0 Å². The molecule has 1 atom stereocenters. The van der Waals surface area contributed by atoms with Crippen molar-refractivity contribution in [3.8, 4) is 0 Å². The molecule has 0 aromatic carbocycles. The Balaban J connectivity index is 4.34. The molecule has 0 bridgehead atoms. The molecule has 0 radical (unpaired) electrons. The number of ether oxygens (including phenoxy) is 3. The van der Waals surface area contributed by atoms with E-state index in [0.717, 1.165) is 64.2 Å². The van der Waals surface area contributed by atoms with Gasteiger partial charge in [0.05, 0.1) is 0 Å². The smallest absolute Gasteiger partial charge is 0.306 e. The zero-order chi connectivity index (χ0) is 41.5. The highest BCUT2D eigenvalue weighted by molar-refractivity contribution is 5.71. The monoisotopic (exact) mass is 803 g/mol. The van der Waals surface area contributed by atoms with Crippen molar-refractivity contribution in [3.63, 3.8) is 0 Å². The molecule has 0 heterocycles. The van der Waals surface area contributed by atoms with Gasteiger partial charge in [-0.3, -0.25) is 14.4 Å². The molecule has 0 N–H and O–H groups in total. The van der Waals surface area contributed by atoms with Crippen LogP contribution in [0.5, 0.6) is 0 Å². The molecule has 334 valence electrons. The molecule has 0 aromatic rings. The van der Waals surface area contributed by atoms with Crippen LogP contribution in [0.15, 0.2) is 24.3 Å². The summed E-state index contributed by atoms with van der Waals surface area (Å²) < 4.78 is 16.8. The minimum atomic E-state index is -0.770. The van der Waals surface area contributed by atoms with Crippen LogP contribution in [0.4, 0.5) is 0 Å². The first kappa shape index (κ1) is 54.9. The Morgan fingerprint density at radius 2 is 0.596 bits per heavy atom. The number of carbonyl (C=O) groups excluding carboxylic acids is 3. The van der Waals surface area contributed by atoms with Crippen LogP contribution in [-0.4, -0.2) is 37.2 Å². The van der Waals surface area contributed by atoms with Crippen molar-refractivity contribution in [1.82, 2.24) is 0 Å². The molecule has 0 saturated heterocycles. The fraction of sp³-hybridized carbons (Fsp3) is 0.863. The van der Waals surface area contributed by atoms with Crippen LogP contribution in [0.3, 0.4) is 0 Å². The molecular formula is C51H94O6. The standard InChI is InChI=1S/C51H94O6/c1-4-7-10-13-16-19-22-24-25-27-29-32-35-38-41-44-50(53)56-47-48(46-55-49(52)43-40-37-34-31-28-21-18-15-12-9-6-3)57-51(54)45-42-39-36-33-30-26-23-20-17-14-11-8-5-2/h15,18-19,22,48H,4-14,16-17,20-21,23-47H2,1-3H3/b18-15-,22-19-. The number of hydrogen-bond acceptors (Lipinski definition) is 6. The van der Waals surface area contributed by atoms with E-state index in [2.05, 4.69) is 45.1 Å². The van der Waals surface area contributed by atoms with Gasteiger partial charge in [-0.15, -0.1) is 0 Å². The summed E-state index contributed by atoms with van der Waals surface area (Å²) >= 11 is 0. The van der Waals surface area contributed by atoms with Crippen molar-refractivity contribution in [2.75, 3.05) is 13.2 Å². The van der Waals surface area contributed by atoms with E-state index in [0.29, 0.717) is 19.3 Å². The molecule has 1 unspecified atom stereocenters. The normalized spacial score (nSPS) is 12.1. The maximum atomic E-state index is 12.7. The number of esters is 3. The van der Waals surface area contributed by atoms with Gasteiger partial charge in [-0.1, -0.05) is 206 Å². The van der Waals surface area contributed by atoms with Crippen LogP contribution in [0.1, 0.15) is 265 Å². The highest BCUT2D eigenvalue weighted by Crippen LogP contribution is 2.15. The van der Waals surface area contributed by atoms with Crippen LogP contribution in [0.25, 0.3) is 0 Å². The van der Waals surface area contributed by atoms with Gasteiger partial charge in [0.25, 0.3) is 0 Å². The Bertz CT molecular complexity index is 927. The summed E-state index contributed by atoms with van der Waals surface area (Å²) in [4.78, 5) is 37.8. The van der Waals surface area contributed by atoms with Gasteiger partial charge in [-0.05, 0) is 64.2 Å². The second kappa shape index (κ2) is 46.6. The summed E-state index contributed by atoms with van der Waals surface area (Å²) in [6.45, 7) is 6.59. The molecule has 6 nitrogen and oxygen atoms in total. The molecule has 0 amide bonds. The first-order valence-corrected chi connectivity index (χ1v) is 24.8. The topological polar surface area (TPSA) is 78.9 Å². The van der Waals surface area contributed by atoms with E-state index in [9.17, 15) is 14.4 Å². The third-order valence-electron chi connectivity index (χ3n) is 10.9. The minimum absolute atomic E-state index is 0.0729. The minimum Gasteiger partial charge on any atom is -0.462 e. The van der Waals surface area contributed by atoms with Crippen molar-refractivity contribution in [1.29, 1.82) is 0 Å². The Hall–Kier alpha value is -2.11. The second-order valence-electron chi connectivity index (χ2n) is 16.7. The summed E-state index contributed by atoms with van der Waals surface area (Å²) in [7, 11) is 0. The molecule has 0 saturated carbocycles. The van der Waals surface area contributed by atoms with Crippen LogP contribution >= 0.6 is 0 Å². The number of carbonyl (C=O) groups is 3. The molecule has 0 aliphatic heterocycles. The average molecular weight is 803 g/mol. The van der Waals surface area contributed by atoms with Crippen molar-refractivity contribution in [2.24, 2.45) is 0 Å². The van der Waals surface area contributed by atoms with Gasteiger partial charge in [0.1, 0.15) is 13.2 Å². The van der Waals surface area contributed by atoms with Crippen molar-refractivity contribution < 1.29 is 28.6 Å². The van der Waals surface area contributed by atoms with Gasteiger partial charge in [-0.25, -0.2) is 0 Å². The third kappa shape index (κ3) is 44.8. The molecule has 0 aliphatic rings. The summed E-state index contributed by atoms with van der Waals surface area (Å²) in [5.74, 6) is -0.877. The van der Waals surface area contributed by atoms with E-state index < -0.39 is 6.10 Å². The SMILES string of the molecule is CCCC/C=C\CCCCCCCC(=O)OCC(COC(=O)CCCCCCCCC/C=C\CCCCCC)OC(=O)CCCCCCCCCCCCCCC. The first-order chi connectivity index (χ1) is 28.0. The van der Waals surface area contributed by atoms with E-state index in [4.69, 9.17) is 14.2 Å². The Kier molecular flexibility index (Phi) is 44.9. The lowest BCUT2D eigenvalue weighted by Gasteiger charge is -2.18. The van der Waals surface area contributed by atoms with E-state index in [1.807, 2.05) is 0 Å². The lowest BCUT2D eigenvalue weighted by Crippen LogP contribution is -2.30. The number of rotatable bonds is 45. The third-order valence-corrected chi connectivity index (χ3v) is 10.9. The molecule has 0 spiro atoms. The molecular weight excluding hydrogens is 709 g/mol. The number of unbranched alkanes of at least 4 members (excludes halogenated alkanes) is 30. The lowest BCUT2D eigenvalue weighted by molar-refractivity contribution is -0.167.